The molecule has 4 N–H and O–H groups in total. The summed E-state index contributed by atoms with van der Waals surface area (Å²) in [5, 5.41) is 5.52. The average Bonchev–Trinajstić information content (AvgIpc) is 3.17. The summed E-state index contributed by atoms with van der Waals surface area (Å²) in [6.45, 7) is 0.340. The summed E-state index contributed by atoms with van der Waals surface area (Å²) in [4.78, 5) is 24.1. The topological polar surface area (TPSA) is 97.4 Å². The Morgan fingerprint density at radius 1 is 0.920 bits per heavy atom. The molecule has 0 aliphatic carbocycles. The third kappa shape index (κ3) is 4.06. The zero-order valence-electron chi connectivity index (χ0n) is 13.4. The minimum Gasteiger partial charge on any atom is -0.459 e. The molecule has 1 aromatic heterocycles. The number of benzene rings is 2. The standard InChI is InChI=1S/C19H17N3O3/c20-15-4-1-2-5-16(15)22-18(23)14-9-7-13(8-10-14)12-21-19(24)17-6-3-11-25-17/h1-11H,12,20H2,(H,21,24)(H,22,23). The first-order valence-corrected chi connectivity index (χ1v) is 7.70. The van der Waals surface area contributed by atoms with Gasteiger partial charge in [0.25, 0.3) is 11.8 Å². The van der Waals surface area contributed by atoms with Crippen LogP contribution in [-0.4, -0.2) is 11.8 Å². The van der Waals surface area contributed by atoms with Crippen molar-refractivity contribution in [2.75, 3.05) is 11.1 Å². The predicted octanol–water partition coefficient (Wildman–Crippen LogP) is 3.04. The molecule has 2 aromatic carbocycles. The Morgan fingerprint density at radius 2 is 1.68 bits per heavy atom. The summed E-state index contributed by atoms with van der Waals surface area (Å²) in [6.07, 6.45) is 1.45. The van der Waals surface area contributed by atoms with Gasteiger partial charge in [-0.3, -0.25) is 9.59 Å². The van der Waals surface area contributed by atoms with Gasteiger partial charge in [-0.15, -0.1) is 0 Å². The number of nitrogens with two attached hydrogens (primary N) is 1. The smallest absolute Gasteiger partial charge is 0.287 e. The van der Waals surface area contributed by atoms with Crippen molar-refractivity contribution in [3.05, 3.63) is 83.8 Å². The van der Waals surface area contributed by atoms with E-state index in [-0.39, 0.29) is 17.6 Å². The molecule has 25 heavy (non-hydrogen) atoms. The maximum absolute atomic E-state index is 12.3. The van der Waals surface area contributed by atoms with Crippen LogP contribution in [0.4, 0.5) is 11.4 Å². The number of amides is 2. The van der Waals surface area contributed by atoms with Crippen LogP contribution < -0.4 is 16.4 Å². The van der Waals surface area contributed by atoms with Crippen molar-refractivity contribution in [3.63, 3.8) is 0 Å². The highest BCUT2D eigenvalue weighted by molar-refractivity contribution is 6.05. The Morgan fingerprint density at radius 3 is 2.36 bits per heavy atom. The van der Waals surface area contributed by atoms with Gasteiger partial charge in [-0.1, -0.05) is 24.3 Å². The molecule has 0 fully saturated rings. The van der Waals surface area contributed by atoms with E-state index < -0.39 is 0 Å². The lowest BCUT2D eigenvalue weighted by Gasteiger charge is -2.08. The van der Waals surface area contributed by atoms with Gasteiger partial charge in [-0.05, 0) is 42.0 Å². The first-order valence-electron chi connectivity index (χ1n) is 7.70. The van der Waals surface area contributed by atoms with Crippen LogP contribution in [-0.2, 0) is 6.54 Å². The summed E-state index contributed by atoms with van der Waals surface area (Å²) in [7, 11) is 0. The predicted molar refractivity (Wildman–Crippen MR) is 95.1 cm³/mol. The normalized spacial score (nSPS) is 10.2. The molecule has 3 aromatic rings. The molecule has 0 saturated carbocycles. The van der Waals surface area contributed by atoms with Crippen LogP contribution in [0.2, 0.25) is 0 Å². The van der Waals surface area contributed by atoms with Crippen LogP contribution in [0, 0.1) is 0 Å². The number of rotatable bonds is 5. The zero-order valence-corrected chi connectivity index (χ0v) is 13.4. The second kappa shape index (κ2) is 7.35. The molecule has 6 nitrogen and oxygen atoms in total. The highest BCUT2D eigenvalue weighted by Crippen LogP contribution is 2.18. The fourth-order valence-electron chi connectivity index (χ4n) is 2.26. The average molecular weight is 335 g/mol. The van der Waals surface area contributed by atoms with E-state index in [1.54, 1.807) is 60.7 Å². The fourth-order valence-corrected chi connectivity index (χ4v) is 2.26. The quantitative estimate of drug-likeness (QED) is 0.624. The van der Waals surface area contributed by atoms with Crippen LogP contribution in [0.25, 0.3) is 0 Å². The SMILES string of the molecule is Nc1ccccc1NC(=O)c1ccc(CNC(=O)c2ccco2)cc1. The Balaban J connectivity index is 1.59. The van der Waals surface area contributed by atoms with Gasteiger partial charge in [0.05, 0.1) is 17.6 Å². The third-order valence-electron chi connectivity index (χ3n) is 3.62. The van der Waals surface area contributed by atoms with Crippen molar-refractivity contribution in [1.29, 1.82) is 0 Å². The van der Waals surface area contributed by atoms with Gasteiger partial charge in [-0.2, -0.15) is 0 Å². The van der Waals surface area contributed by atoms with Crippen molar-refractivity contribution < 1.29 is 14.0 Å². The number of nitrogen functional groups attached to an aromatic ring is 1. The van der Waals surface area contributed by atoms with Crippen LogP contribution in [0.5, 0.6) is 0 Å². The van der Waals surface area contributed by atoms with E-state index in [0.717, 1.165) is 5.56 Å². The summed E-state index contributed by atoms with van der Waals surface area (Å²) in [5.74, 6) is -0.271. The van der Waals surface area contributed by atoms with Crippen molar-refractivity contribution in [3.8, 4) is 0 Å². The van der Waals surface area contributed by atoms with Gasteiger partial charge < -0.3 is 20.8 Å². The Bertz CT molecular complexity index is 871. The van der Waals surface area contributed by atoms with E-state index in [2.05, 4.69) is 10.6 Å². The molecule has 0 bridgehead atoms. The maximum atomic E-state index is 12.3. The molecule has 0 unspecified atom stereocenters. The molecule has 0 radical (unpaired) electrons. The van der Waals surface area contributed by atoms with E-state index in [9.17, 15) is 9.59 Å². The molecule has 0 saturated heterocycles. The Labute approximate surface area is 144 Å². The van der Waals surface area contributed by atoms with Crippen molar-refractivity contribution in [1.82, 2.24) is 5.32 Å². The first kappa shape index (κ1) is 16.3. The van der Waals surface area contributed by atoms with Crippen LogP contribution in [0.1, 0.15) is 26.5 Å². The number of hydrogen-bond donors (Lipinski definition) is 3. The molecule has 6 heteroatoms. The molecule has 0 atom stereocenters. The first-order chi connectivity index (χ1) is 12.1. The van der Waals surface area contributed by atoms with Crippen molar-refractivity contribution in [2.45, 2.75) is 6.54 Å². The summed E-state index contributed by atoms with van der Waals surface area (Å²) in [5.41, 5.74) is 8.27. The van der Waals surface area contributed by atoms with Crippen molar-refractivity contribution >= 4 is 23.2 Å². The van der Waals surface area contributed by atoms with E-state index in [0.29, 0.717) is 23.5 Å². The van der Waals surface area contributed by atoms with Gasteiger partial charge in [-0.25, -0.2) is 0 Å². The summed E-state index contributed by atoms with van der Waals surface area (Å²) >= 11 is 0. The number of anilines is 2. The lowest BCUT2D eigenvalue weighted by molar-refractivity contribution is 0.0922. The maximum Gasteiger partial charge on any atom is 0.287 e. The van der Waals surface area contributed by atoms with Crippen LogP contribution in [0.15, 0.2) is 71.3 Å². The number of furan rings is 1. The van der Waals surface area contributed by atoms with E-state index >= 15 is 0 Å². The summed E-state index contributed by atoms with van der Waals surface area (Å²) in [6, 6.07) is 17.3. The molecule has 1 heterocycles. The second-order valence-corrected chi connectivity index (χ2v) is 5.40. The zero-order chi connectivity index (χ0) is 17.6. The Hall–Kier alpha value is -3.54. The van der Waals surface area contributed by atoms with Gasteiger partial charge in [0.15, 0.2) is 5.76 Å². The molecular formula is C19H17N3O3. The van der Waals surface area contributed by atoms with E-state index in [1.165, 1.54) is 6.26 Å². The van der Waals surface area contributed by atoms with E-state index in [1.807, 2.05) is 0 Å². The molecule has 0 aliphatic heterocycles. The fraction of sp³-hybridized carbons (Fsp3) is 0.0526. The second-order valence-electron chi connectivity index (χ2n) is 5.40. The molecule has 2 amide bonds. The number of carbonyl (C=O) groups is 2. The Kier molecular flexibility index (Phi) is 4.80. The molecular weight excluding hydrogens is 318 g/mol. The highest BCUT2D eigenvalue weighted by Gasteiger charge is 2.09. The lowest BCUT2D eigenvalue weighted by Crippen LogP contribution is -2.22. The van der Waals surface area contributed by atoms with Gasteiger partial charge in [0, 0.05) is 12.1 Å². The number of hydrogen-bond acceptors (Lipinski definition) is 4. The lowest BCUT2D eigenvalue weighted by atomic mass is 10.1. The van der Waals surface area contributed by atoms with Gasteiger partial charge in [0.2, 0.25) is 0 Å². The molecule has 0 aliphatic rings. The largest absolute Gasteiger partial charge is 0.459 e. The van der Waals surface area contributed by atoms with Gasteiger partial charge >= 0.3 is 0 Å². The monoisotopic (exact) mass is 335 g/mol. The molecule has 3 rings (SSSR count). The molecule has 0 spiro atoms. The minimum absolute atomic E-state index is 0.246. The summed E-state index contributed by atoms with van der Waals surface area (Å²) < 4.78 is 5.03. The van der Waals surface area contributed by atoms with Crippen LogP contribution >= 0.6 is 0 Å². The minimum atomic E-state index is -0.286. The number of para-hydroxylation sites is 2. The van der Waals surface area contributed by atoms with Crippen molar-refractivity contribution in [2.24, 2.45) is 0 Å². The number of nitrogens with one attached hydrogen (secondary N) is 2. The van der Waals surface area contributed by atoms with Crippen LogP contribution in [0.3, 0.4) is 0 Å². The van der Waals surface area contributed by atoms with E-state index in [4.69, 9.17) is 10.2 Å². The highest BCUT2D eigenvalue weighted by atomic mass is 16.3. The molecule has 126 valence electrons. The number of carbonyl (C=O) groups excluding carboxylic acids is 2. The third-order valence-corrected chi connectivity index (χ3v) is 3.62. The van der Waals surface area contributed by atoms with Gasteiger partial charge in [0.1, 0.15) is 0 Å².